The minimum Gasteiger partial charge on any atom is -0.352 e. The summed E-state index contributed by atoms with van der Waals surface area (Å²) in [5, 5.41) is 3.06. The Balaban J connectivity index is 1.79. The molecule has 0 aliphatic heterocycles. The molecule has 110 valence electrons. The molecule has 2 rings (SSSR count). The number of halogens is 2. The van der Waals surface area contributed by atoms with Crippen molar-refractivity contribution in [3.8, 4) is 0 Å². The zero-order valence-corrected chi connectivity index (χ0v) is 15.5. The molecule has 1 amide bonds. The zero-order valence-electron chi connectivity index (χ0n) is 11.8. The maximum Gasteiger partial charge on any atom is 0.252 e. The molecule has 0 unspecified atom stereocenters. The van der Waals surface area contributed by atoms with Crippen molar-refractivity contribution < 1.29 is 4.79 Å². The van der Waals surface area contributed by atoms with Crippen LogP contribution in [0.4, 0.5) is 0 Å². The Morgan fingerprint density at radius 3 is 2.75 bits per heavy atom. The maximum absolute atomic E-state index is 12.2. The highest BCUT2D eigenvalue weighted by Gasteiger charge is 2.18. The lowest BCUT2D eigenvalue weighted by Crippen LogP contribution is -2.27. The molecule has 0 spiro atoms. The van der Waals surface area contributed by atoms with E-state index in [1.165, 1.54) is 25.7 Å². The van der Waals surface area contributed by atoms with E-state index in [-0.39, 0.29) is 5.91 Å². The van der Waals surface area contributed by atoms with Gasteiger partial charge < -0.3 is 5.32 Å². The van der Waals surface area contributed by atoms with Crippen LogP contribution in [-0.4, -0.2) is 12.5 Å². The third-order valence-electron chi connectivity index (χ3n) is 4.15. The van der Waals surface area contributed by atoms with Gasteiger partial charge in [-0.2, -0.15) is 0 Å². The van der Waals surface area contributed by atoms with E-state index in [1.807, 2.05) is 18.2 Å². The van der Waals surface area contributed by atoms with Gasteiger partial charge in [0.15, 0.2) is 0 Å². The molecule has 0 aromatic heterocycles. The van der Waals surface area contributed by atoms with E-state index in [0.717, 1.165) is 38.4 Å². The van der Waals surface area contributed by atoms with E-state index in [4.69, 9.17) is 0 Å². The normalized spacial score (nSPS) is 22.6. The van der Waals surface area contributed by atoms with Crippen LogP contribution in [0.2, 0.25) is 0 Å². The van der Waals surface area contributed by atoms with E-state index in [9.17, 15) is 4.79 Å². The van der Waals surface area contributed by atoms with E-state index >= 15 is 0 Å². The van der Waals surface area contributed by atoms with Crippen molar-refractivity contribution >= 4 is 44.4 Å². The first-order valence-corrected chi connectivity index (χ1v) is 9.16. The average Bonchev–Trinajstić information content (AvgIpc) is 2.43. The predicted octanol–water partition coefficient (Wildman–Crippen LogP) is 5.00. The van der Waals surface area contributed by atoms with Crippen molar-refractivity contribution in [2.75, 3.05) is 6.54 Å². The lowest BCUT2D eigenvalue weighted by Gasteiger charge is -2.26. The number of benzene rings is 1. The van der Waals surface area contributed by atoms with E-state index in [0.29, 0.717) is 0 Å². The summed E-state index contributed by atoms with van der Waals surface area (Å²) in [6.07, 6.45) is 6.46. The number of rotatable bonds is 4. The predicted molar refractivity (Wildman–Crippen MR) is 94.9 cm³/mol. The molecule has 0 bridgehead atoms. The molecule has 1 aliphatic carbocycles. The van der Waals surface area contributed by atoms with Crippen LogP contribution in [0.3, 0.4) is 0 Å². The fraction of sp³-hybridized carbons (Fsp3) is 0.562. The highest BCUT2D eigenvalue weighted by atomic mass is 127. The molecular formula is C16H21BrINO. The number of hydrogen-bond donors (Lipinski definition) is 1. The molecule has 1 fully saturated rings. The van der Waals surface area contributed by atoms with Crippen molar-refractivity contribution in [3.05, 3.63) is 31.8 Å². The summed E-state index contributed by atoms with van der Waals surface area (Å²) in [7, 11) is 0. The smallest absolute Gasteiger partial charge is 0.252 e. The molecule has 0 atom stereocenters. The van der Waals surface area contributed by atoms with Gasteiger partial charge in [-0.25, -0.2) is 0 Å². The quantitative estimate of drug-likeness (QED) is 0.644. The first kappa shape index (κ1) is 16.3. The molecule has 1 aliphatic rings. The van der Waals surface area contributed by atoms with Gasteiger partial charge >= 0.3 is 0 Å². The van der Waals surface area contributed by atoms with Gasteiger partial charge in [-0.15, -0.1) is 0 Å². The molecule has 1 aromatic carbocycles. The summed E-state index contributed by atoms with van der Waals surface area (Å²) in [6, 6.07) is 5.81. The Morgan fingerprint density at radius 2 is 2.05 bits per heavy atom. The summed E-state index contributed by atoms with van der Waals surface area (Å²) in [4.78, 5) is 12.2. The van der Waals surface area contributed by atoms with Gasteiger partial charge in [-0.05, 0) is 59.0 Å². The summed E-state index contributed by atoms with van der Waals surface area (Å²) in [6.45, 7) is 3.13. The topological polar surface area (TPSA) is 29.1 Å². The Hall–Kier alpha value is -0.100. The molecule has 1 N–H and O–H groups in total. The van der Waals surface area contributed by atoms with Crippen LogP contribution in [0.15, 0.2) is 22.7 Å². The van der Waals surface area contributed by atoms with E-state index in [1.54, 1.807) is 0 Å². The number of carbonyl (C=O) groups is 1. The fourth-order valence-corrected chi connectivity index (χ4v) is 3.72. The third kappa shape index (κ3) is 4.72. The highest BCUT2D eigenvalue weighted by Crippen LogP contribution is 2.30. The Labute approximate surface area is 143 Å². The second kappa shape index (κ2) is 7.78. The number of hydrogen-bond acceptors (Lipinski definition) is 1. The van der Waals surface area contributed by atoms with E-state index in [2.05, 4.69) is 50.8 Å². The second-order valence-corrected chi connectivity index (χ2v) is 7.87. The molecule has 20 heavy (non-hydrogen) atoms. The Morgan fingerprint density at radius 1 is 1.35 bits per heavy atom. The maximum atomic E-state index is 12.2. The SMILES string of the molecule is CC1CCC(CCNC(=O)c2cc(Br)ccc2I)CC1. The molecule has 1 saturated carbocycles. The molecule has 4 heteroatoms. The number of nitrogens with one attached hydrogen (secondary N) is 1. The second-order valence-electron chi connectivity index (χ2n) is 5.79. The fourth-order valence-electron chi connectivity index (χ4n) is 2.77. The molecule has 0 heterocycles. The summed E-state index contributed by atoms with van der Waals surface area (Å²) < 4.78 is 1.94. The Bertz CT molecular complexity index is 470. The van der Waals surface area contributed by atoms with Crippen molar-refractivity contribution in [1.29, 1.82) is 0 Å². The minimum absolute atomic E-state index is 0.0416. The molecule has 0 saturated heterocycles. The van der Waals surface area contributed by atoms with Crippen molar-refractivity contribution in [2.24, 2.45) is 11.8 Å². The standard InChI is InChI=1S/C16H21BrINO/c1-11-2-4-12(5-3-11)8-9-19-16(20)14-10-13(17)6-7-15(14)18/h6-7,10-12H,2-5,8-9H2,1H3,(H,19,20). The van der Waals surface area contributed by atoms with Gasteiger partial charge in [0, 0.05) is 14.6 Å². The van der Waals surface area contributed by atoms with Gasteiger partial charge in [-0.3, -0.25) is 4.79 Å². The van der Waals surface area contributed by atoms with Crippen molar-refractivity contribution in [2.45, 2.75) is 39.0 Å². The van der Waals surface area contributed by atoms with Crippen LogP contribution in [-0.2, 0) is 0 Å². The van der Waals surface area contributed by atoms with Crippen LogP contribution < -0.4 is 5.32 Å². The lowest BCUT2D eigenvalue weighted by atomic mass is 9.81. The Kier molecular flexibility index (Phi) is 6.33. The largest absolute Gasteiger partial charge is 0.352 e. The molecule has 0 radical (unpaired) electrons. The van der Waals surface area contributed by atoms with Crippen LogP contribution in [0.5, 0.6) is 0 Å². The lowest BCUT2D eigenvalue weighted by molar-refractivity contribution is 0.0948. The number of amides is 1. The van der Waals surface area contributed by atoms with Crippen LogP contribution in [0, 0.1) is 15.4 Å². The van der Waals surface area contributed by atoms with Gasteiger partial charge in [0.1, 0.15) is 0 Å². The molecule has 2 nitrogen and oxygen atoms in total. The summed E-state index contributed by atoms with van der Waals surface area (Å²) >= 11 is 5.63. The monoisotopic (exact) mass is 449 g/mol. The van der Waals surface area contributed by atoms with Crippen molar-refractivity contribution in [1.82, 2.24) is 5.32 Å². The van der Waals surface area contributed by atoms with Gasteiger partial charge in [0.25, 0.3) is 5.91 Å². The first-order chi connectivity index (χ1) is 9.56. The van der Waals surface area contributed by atoms with E-state index < -0.39 is 0 Å². The average molecular weight is 450 g/mol. The van der Waals surface area contributed by atoms with Gasteiger partial charge in [-0.1, -0.05) is 48.5 Å². The minimum atomic E-state index is 0.0416. The zero-order chi connectivity index (χ0) is 14.5. The molecular weight excluding hydrogens is 429 g/mol. The molecule has 1 aromatic rings. The summed E-state index contributed by atoms with van der Waals surface area (Å²) in [5.41, 5.74) is 0.761. The number of carbonyl (C=O) groups excluding carboxylic acids is 1. The first-order valence-electron chi connectivity index (χ1n) is 7.29. The van der Waals surface area contributed by atoms with Crippen LogP contribution in [0.25, 0.3) is 0 Å². The van der Waals surface area contributed by atoms with Crippen LogP contribution >= 0.6 is 38.5 Å². The summed E-state index contributed by atoms with van der Waals surface area (Å²) in [5.74, 6) is 1.73. The third-order valence-corrected chi connectivity index (χ3v) is 5.58. The van der Waals surface area contributed by atoms with Gasteiger partial charge in [0.05, 0.1) is 5.56 Å². The highest BCUT2D eigenvalue weighted by molar-refractivity contribution is 14.1. The van der Waals surface area contributed by atoms with Crippen molar-refractivity contribution in [3.63, 3.8) is 0 Å². The van der Waals surface area contributed by atoms with Crippen LogP contribution in [0.1, 0.15) is 49.4 Å². The van der Waals surface area contributed by atoms with Gasteiger partial charge in [0.2, 0.25) is 0 Å².